The van der Waals surface area contributed by atoms with Crippen molar-refractivity contribution in [1.29, 1.82) is 0 Å². The fraction of sp³-hybridized carbons (Fsp3) is 0.333. The van der Waals surface area contributed by atoms with E-state index in [4.69, 9.17) is 10.5 Å². The number of piperidine rings is 1. The number of benzene rings is 2. The van der Waals surface area contributed by atoms with Crippen LogP contribution in [0.15, 0.2) is 48.5 Å². The number of hydrogen-bond acceptors (Lipinski definition) is 3. The fourth-order valence-electron chi connectivity index (χ4n) is 3.14. The first-order valence-corrected chi connectivity index (χ1v) is 7.56. The maximum absolute atomic E-state index is 13.5. The van der Waals surface area contributed by atoms with Crippen molar-refractivity contribution in [3.05, 3.63) is 59.9 Å². The van der Waals surface area contributed by atoms with Crippen LogP contribution in [0.5, 0.6) is 5.75 Å². The third-order valence-electron chi connectivity index (χ3n) is 4.24. The van der Waals surface area contributed by atoms with Gasteiger partial charge in [0.15, 0.2) is 0 Å². The highest BCUT2D eigenvalue weighted by molar-refractivity contribution is 5.48. The highest BCUT2D eigenvalue weighted by Crippen LogP contribution is 2.30. The Hall–Kier alpha value is -2.07. The van der Waals surface area contributed by atoms with Crippen LogP contribution in [-0.2, 0) is 0 Å². The molecule has 1 heterocycles. The minimum Gasteiger partial charge on any atom is -0.497 e. The predicted molar refractivity (Wildman–Crippen MR) is 86.9 cm³/mol. The van der Waals surface area contributed by atoms with Crippen LogP contribution in [0, 0.1) is 5.82 Å². The summed E-state index contributed by atoms with van der Waals surface area (Å²) < 4.78 is 18.7. The number of halogens is 1. The van der Waals surface area contributed by atoms with Gasteiger partial charge in [-0.15, -0.1) is 0 Å². The lowest BCUT2D eigenvalue weighted by molar-refractivity contribution is 0.413. The standard InChI is InChI=1S/C18H21FN2O/c1-22-18-7-5-13(6-8-18)14-9-16(20)12-21(11-14)17-4-2-3-15(19)10-17/h2-8,10,14,16H,9,11-12,20H2,1H3. The minimum atomic E-state index is -0.211. The van der Waals surface area contributed by atoms with Crippen molar-refractivity contribution in [3.63, 3.8) is 0 Å². The molecule has 1 aliphatic rings. The molecule has 3 nitrogen and oxygen atoms in total. The molecule has 1 fully saturated rings. The van der Waals surface area contributed by atoms with E-state index < -0.39 is 0 Å². The van der Waals surface area contributed by atoms with Crippen molar-refractivity contribution in [2.24, 2.45) is 5.73 Å². The minimum absolute atomic E-state index is 0.0871. The third kappa shape index (κ3) is 3.22. The molecule has 22 heavy (non-hydrogen) atoms. The molecular formula is C18H21FN2O. The van der Waals surface area contributed by atoms with Crippen LogP contribution in [0.4, 0.5) is 10.1 Å². The number of hydrogen-bond donors (Lipinski definition) is 1. The van der Waals surface area contributed by atoms with E-state index in [2.05, 4.69) is 17.0 Å². The van der Waals surface area contributed by atoms with Gasteiger partial charge in [0, 0.05) is 30.7 Å². The van der Waals surface area contributed by atoms with Crippen molar-refractivity contribution >= 4 is 5.69 Å². The quantitative estimate of drug-likeness (QED) is 0.946. The van der Waals surface area contributed by atoms with Crippen molar-refractivity contribution < 1.29 is 9.13 Å². The molecule has 2 unspecified atom stereocenters. The number of methoxy groups -OCH3 is 1. The van der Waals surface area contributed by atoms with Crippen LogP contribution in [0.2, 0.25) is 0 Å². The average Bonchev–Trinajstić information content (AvgIpc) is 2.54. The molecule has 0 aliphatic carbocycles. The Morgan fingerprint density at radius 1 is 1.14 bits per heavy atom. The molecular weight excluding hydrogens is 279 g/mol. The maximum atomic E-state index is 13.5. The van der Waals surface area contributed by atoms with E-state index in [1.807, 2.05) is 18.2 Å². The molecule has 0 spiro atoms. The summed E-state index contributed by atoms with van der Waals surface area (Å²) in [5, 5.41) is 0. The first kappa shape index (κ1) is 14.9. The van der Waals surface area contributed by atoms with Gasteiger partial charge >= 0.3 is 0 Å². The summed E-state index contributed by atoms with van der Waals surface area (Å²) in [7, 11) is 1.66. The largest absolute Gasteiger partial charge is 0.497 e. The summed E-state index contributed by atoms with van der Waals surface area (Å²) in [6, 6.07) is 14.9. The van der Waals surface area contributed by atoms with E-state index in [1.54, 1.807) is 19.2 Å². The van der Waals surface area contributed by atoms with Crippen LogP contribution in [-0.4, -0.2) is 26.2 Å². The summed E-state index contributed by atoms with van der Waals surface area (Å²) >= 11 is 0. The second-order valence-electron chi connectivity index (χ2n) is 5.85. The smallest absolute Gasteiger partial charge is 0.125 e. The highest BCUT2D eigenvalue weighted by atomic mass is 19.1. The van der Waals surface area contributed by atoms with E-state index in [1.165, 1.54) is 11.6 Å². The van der Waals surface area contributed by atoms with Crippen LogP contribution >= 0.6 is 0 Å². The van der Waals surface area contributed by atoms with Gasteiger partial charge in [-0.3, -0.25) is 0 Å². The van der Waals surface area contributed by atoms with Gasteiger partial charge in [0.2, 0.25) is 0 Å². The monoisotopic (exact) mass is 300 g/mol. The van der Waals surface area contributed by atoms with Gasteiger partial charge in [0.1, 0.15) is 11.6 Å². The summed E-state index contributed by atoms with van der Waals surface area (Å²) in [6.07, 6.45) is 0.943. The fourth-order valence-corrected chi connectivity index (χ4v) is 3.14. The SMILES string of the molecule is COc1ccc(C2CC(N)CN(c3cccc(F)c3)C2)cc1. The molecule has 2 aromatic rings. The van der Waals surface area contributed by atoms with Crippen LogP contribution in [0.3, 0.4) is 0 Å². The molecule has 0 amide bonds. The Balaban J connectivity index is 1.80. The zero-order valence-corrected chi connectivity index (χ0v) is 12.7. The topological polar surface area (TPSA) is 38.5 Å². The van der Waals surface area contributed by atoms with E-state index in [9.17, 15) is 4.39 Å². The number of rotatable bonds is 3. The molecule has 0 aromatic heterocycles. The molecule has 2 aromatic carbocycles. The zero-order valence-electron chi connectivity index (χ0n) is 12.7. The molecule has 1 aliphatic heterocycles. The molecule has 0 saturated carbocycles. The van der Waals surface area contributed by atoms with Crippen molar-refractivity contribution in [2.45, 2.75) is 18.4 Å². The molecule has 0 bridgehead atoms. The average molecular weight is 300 g/mol. The number of nitrogens with two attached hydrogens (primary N) is 1. The van der Waals surface area contributed by atoms with Gasteiger partial charge in [-0.25, -0.2) is 4.39 Å². The van der Waals surface area contributed by atoms with Crippen LogP contribution in [0.25, 0.3) is 0 Å². The van der Waals surface area contributed by atoms with Gasteiger partial charge in [0.05, 0.1) is 7.11 Å². The molecule has 2 N–H and O–H groups in total. The van der Waals surface area contributed by atoms with Gasteiger partial charge < -0.3 is 15.4 Å². The predicted octanol–water partition coefficient (Wildman–Crippen LogP) is 3.16. The number of nitrogens with zero attached hydrogens (tertiary/aromatic N) is 1. The summed E-state index contributed by atoms with van der Waals surface area (Å²) in [4.78, 5) is 2.17. The van der Waals surface area contributed by atoms with E-state index in [0.717, 1.165) is 30.9 Å². The van der Waals surface area contributed by atoms with Crippen molar-refractivity contribution in [2.75, 3.05) is 25.1 Å². The molecule has 4 heteroatoms. The van der Waals surface area contributed by atoms with Gasteiger partial charge in [0.25, 0.3) is 0 Å². The normalized spacial score (nSPS) is 21.7. The number of ether oxygens (including phenoxy) is 1. The van der Waals surface area contributed by atoms with Crippen LogP contribution < -0.4 is 15.4 Å². The second kappa shape index (κ2) is 6.36. The Morgan fingerprint density at radius 2 is 1.91 bits per heavy atom. The second-order valence-corrected chi connectivity index (χ2v) is 5.85. The maximum Gasteiger partial charge on any atom is 0.125 e. The summed E-state index contributed by atoms with van der Waals surface area (Å²) in [6.45, 7) is 1.61. The lowest BCUT2D eigenvalue weighted by Crippen LogP contribution is -2.46. The Labute approximate surface area is 130 Å². The van der Waals surface area contributed by atoms with Crippen LogP contribution in [0.1, 0.15) is 17.9 Å². The summed E-state index contributed by atoms with van der Waals surface area (Å²) in [5.41, 5.74) is 8.37. The molecule has 3 rings (SSSR count). The Bertz CT molecular complexity index is 629. The molecule has 1 saturated heterocycles. The van der Waals surface area contributed by atoms with Gasteiger partial charge in [-0.05, 0) is 42.3 Å². The zero-order chi connectivity index (χ0) is 15.5. The van der Waals surface area contributed by atoms with E-state index >= 15 is 0 Å². The Morgan fingerprint density at radius 3 is 2.59 bits per heavy atom. The lowest BCUT2D eigenvalue weighted by atomic mass is 9.88. The van der Waals surface area contributed by atoms with Gasteiger partial charge in [-0.2, -0.15) is 0 Å². The molecule has 2 atom stereocenters. The molecule has 116 valence electrons. The van der Waals surface area contributed by atoms with E-state index in [-0.39, 0.29) is 11.9 Å². The highest BCUT2D eigenvalue weighted by Gasteiger charge is 2.26. The lowest BCUT2D eigenvalue weighted by Gasteiger charge is -2.38. The van der Waals surface area contributed by atoms with E-state index in [0.29, 0.717) is 5.92 Å². The Kier molecular flexibility index (Phi) is 4.29. The van der Waals surface area contributed by atoms with Crippen molar-refractivity contribution in [1.82, 2.24) is 0 Å². The van der Waals surface area contributed by atoms with Crippen molar-refractivity contribution in [3.8, 4) is 5.75 Å². The molecule has 0 radical (unpaired) electrons. The van der Waals surface area contributed by atoms with Gasteiger partial charge in [-0.1, -0.05) is 18.2 Å². The first-order chi connectivity index (χ1) is 10.7. The third-order valence-corrected chi connectivity index (χ3v) is 4.24. The summed E-state index contributed by atoms with van der Waals surface area (Å²) in [5.74, 6) is 0.987. The first-order valence-electron chi connectivity index (χ1n) is 7.56. The number of anilines is 1.